The molecule has 0 bridgehead atoms. The molecule has 0 aliphatic carbocycles. The van der Waals surface area contributed by atoms with E-state index in [-0.39, 0.29) is 14.8 Å². The predicted octanol–water partition coefficient (Wildman–Crippen LogP) is 3.74. The van der Waals surface area contributed by atoms with Gasteiger partial charge in [-0.3, -0.25) is 0 Å². The maximum absolute atomic E-state index is 13.5. The van der Waals surface area contributed by atoms with E-state index in [4.69, 9.17) is 16.3 Å². The highest BCUT2D eigenvalue weighted by Crippen LogP contribution is 2.41. The highest BCUT2D eigenvalue weighted by atomic mass is 127. The summed E-state index contributed by atoms with van der Waals surface area (Å²) in [5.74, 6) is 0.297. The maximum Gasteiger partial charge on any atom is 0.149 e. The number of benzene rings is 1. The molecule has 0 saturated heterocycles. The fraction of sp³-hybridized carbons (Fsp3) is 0.333. The van der Waals surface area contributed by atoms with Gasteiger partial charge in [-0.2, -0.15) is 0 Å². The van der Waals surface area contributed by atoms with E-state index in [1.165, 1.54) is 6.07 Å². The van der Waals surface area contributed by atoms with Gasteiger partial charge in [0.1, 0.15) is 11.6 Å². The lowest BCUT2D eigenvalue weighted by Crippen LogP contribution is -2.12. The topological polar surface area (TPSA) is 9.23 Å². The zero-order chi connectivity index (χ0) is 9.42. The van der Waals surface area contributed by atoms with Crippen molar-refractivity contribution >= 4 is 34.2 Å². The second-order valence-corrected chi connectivity index (χ2v) is 4.79. The van der Waals surface area contributed by atoms with Crippen molar-refractivity contribution in [2.75, 3.05) is 6.61 Å². The van der Waals surface area contributed by atoms with Gasteiger partial charge in [0.2, 0.25) is 0 Å². The standard InChI is InChI=1S/C9H7ClFIO/c10-5-1-2-7-8(9(5)11)6(12)3-4-13-7/h1-2,6H,3-4H2. The van der Waals surface area contributed by atoms with Crippen LogP contribution in [0.5, 0.6) is 5.75 Å². The molecule has 0 radical (unpaired) electrons. The highest BCUT2D eigenvalue weighted by molar-refractivity contribution is 14.1. The third-order valence-electron chi connectivity index (χ3n) is 2.03. The molecule has 1 unspecified atom stereocenters. The van der Waals surface area contributed by atoms with Crippen LogP contribution in [-0.2, 0) is 0 Å². The summed E-state index contributed by atoms with van der Waals surface area (Å²) in [5.41, 5.74) is 0.611. The zero-order valence-corrected chi connectivity index (χ0v) is 9.60. The molecule has 1 aliphatic heterocycles. The molecule has 0 saturated carbocycles. The first-order valence-corrected chi connectivity index (χ1v) is 5.57. The second kappa shape index (κ2) is 3.61. The number of ether oxygens (including phenoxy) is 1. The molecule has 0 aromatic heterocycles. The van der Waals surface area contributed by atoms with E-state index in [2.05, 4.69) is 22.6 Å². The van der Waals surface area contributed by atoms with Crippen molar-refractivity contribution in [1.82, 2.24) is 0 Å². The summed E-state index contributed by atoms with van der Waals surface area (Å²) in [6.07, 6.45) is 0.838. The largest absolute Gasteiger partial charge is 0.493 e. The van der Waals surface area contributed by atoms with E-state index in [1.54, 1.807) is 6.07 Å². The molecule has 2 rings (SSSR count). The fourth-order valence-electron chi connectivity index (χ4n) is 1.38. The first-order valence-electron chi connectivity index (χ1n) is 3.95. The molecule has 4 heteroatoms. The van der Waals surface area contributed by atoms with Crippen molar-refractivity contribution < 1.29 is 9.13 Å². The van der Waals surface area contributed by atoms with Gasteiger partial charge >= 0.3 is 0 Å². The quantitative estimate of drug-likeness (QED) is 0.524. The molecule has 1 nitrogen and oxygen atoms in total. The smallest absolute Gasteiger partial charge is 0.149 e. The predicted molar refractivity (Wildman–Crippen MR) is 58.3 cm³/mol. The van der Waals surface area contributed by atoms with E-state index in [0.29, 0.717) is 17.9 Å². The first-order chi connectivity index (χ1) is 6.20. The molecular formula is C9H7ClFIO. The minimum atomic E-state index is -0.335. The monoisotopic (exact) mass is 312 g/mol. The van der Waals surface area contributed by atoms with Crippen molar-refractivity contribution in [3.05, 3.63) is 28.5 Å². The summed E-state index contributed by atoms with van der Waals surface area (Å²) in [6.45, 7) is 0.654. The van der Waals surface area contributed by atoms with Gasteiger partial charge in [0.15, 0.2) is 0 Å². The summed E-state index contributed by atoms with van der Waals surface area (Å²) in [4.78, 5) is 0. The zero-order valence-electron chi connectivity index (χ0n) is 6.69. The van der Waals surface area contributed by atoms with Crippen LogP contribution in [-0.4, -0.2) is 6.61 Å². The normalized spacial score (nSPS) is 20.7. The third-order valence-corrected chi connectivity index (χ3v) is 3.57. The van der Waals surface area contributed by atoms with Gasteiger partial charge in [0.05, 0.1) is 11.6 Å². The van der Waals surface area contributed by atoms with Crippen molar-refractivity contribution in [2.24, 2.45) is 0 Å². The van der Waals surface area contributed by atoms with Crippen molar-refractivity contribution in [2.45, 2.75) is 10.3 Å². The Hall–Kier alpha value is -0.0300. The number of fused-ring (bicyclic) bond motifs is 1. The van der Waals surface area contributed by atoms with Crippen LogP contribution in [0.3, 0.4) is 0 Å². The van der Waals surface area contributed by atoms with Crippen LogP contribution in [0.2, 0.25) is 5.02 Å². The van der Waals surface area contributed by atoms with Crippen molar-refractivity contribution in [3.63, 3.8) is 0 Å². The Bertz CT molecular complexity index is 343. The Labute approximate surface area is 94.4 Å². The van der Waals surface area contributed by atoms with Crippen LogP contribution in [0.4, 0.5) is 4.39 Å². The van der Waals surface area contributed by atoms with Crippen LogP contribution >= 0.6 is 34.2 Å². The molecule has 0 N–H and O–H groups in total. The molecule has 0 amide bonds. The summed E-state index contributed by atoms with van der Waals surface area (Å²) < 4.78 is 19.0. The van der Waals surface area contributed by atoms with Gasteiger partial charge in [0.25, 0.3) is 0 Å². The van der Waals surface area contributed by atoms with Gasteiger partial charge in [-0.25, -0.2) is 4.39 Å². The number of hydrogen-bond acceptors (Lipinski definition) is 1. The van der Waals surface area contributed by atoms with Crippen molar-refractivity contribution in [1.29, 1.82) is 0 Å². The SMILES string of the molecule is Fc1c(Cl)ccc2c1C(I)CCO2. The third kappa shape index (κ3) is 1.64. The number of alkyl halides is 1. The lowest BCUT2D eigenvalue weighted by atomic mass is 10.1. The molecular weight excluding hydrogens is 305 g/mol. The Morgan fingerprint density at radius 3 is 3.08 bits per heavy atom. The Morgan fingerprint density at radius 2 is 2.31 bits per heavy atom. The van der Waals surface area contributed by atoms with Crippen LogP contribution in [0, 0.1) is 5.82 Å². The molecule has 70 valence electrons. The Morgan fingerprint density at radius 1 is 1.54 bits per heavy atom. The average molecular weight is 313 g/mol. The first kappa shape index (κ1) is 9.52. The molecule has 1 aromatic carbocycles. The van der Waals surface area contributed by atoms with Gasteiger partial charge in [-0.05, 0) is 18.6 Å². The number of hydrogen-bond donors (Lipinski definition) is 0. The summed E-state index contributed by atoms with van der Waals surface area (Å²) in [6, 6.07) is 3.26. The lowest BCUT2D eigenvalue weighted by molar-refractivity contribution is 0.285. The van der Waals surface area contributed by atoms with E-state index < -0.39 is 0 Å². The summed E-state index contributed by atoms with van der Waals surface area (Å²) in [7, 11) is 0. The summed E-state index contributed by atoms with van der Waals surface area (Å²) in [5, 5.41) is 0.172. The highest BCUT2D eigenvalue weighted by Gasteiger charge is 2.24. The Balaban J connectivity index is 2.58. The summed E-state index contributed by atoms with van der Waals surface area (Å²) >= 11 is 7.89. The fourth-order valence-corrected chi connectivity index (χ4v) is 2.38. The average Bonchev–Trinajstić information content (AvgIpc) is 2.12. The van der Waals surface area contributed by atoms with Gasteiger partial charge in [0, 0.05) is 9.49 Å². The minimum Gasteiger partial charge on any atom is -0.493 e. The minimum absolute atomic E-state index is 0.167. The molecule has 0 spiro atoms. The maximum atomic E-state index is 13.5. The Kier molecular flexibility index (Phi) is 2.65. The molecule has 1 aromatic rings. The van der Waals surface area contributed by atoms with Crippen molar-refractivity contribution in [3.8, 4) is 5.75 Å². The van der Waals surface area contributed by atoms with Gasteiger partial charge in [-0.15, -0.1) is 0 Å². The van der Waals surface area contributed by atoms with E-state index in [9.17, 15) is 4.39 Å². The van der Waals surface area contributed by atoms with Crippen LogP contribution in [0.1, 0.15) is 15.9 Å². The number of rotatable bonds is 0. The van der Waals surface area contributed by atoms with Crippen LogP contribution < -0.4 is 4.74 Å². The van der Waals surface area contributed by atoms with Gasteiger partial charge in [-0.1, -0.05) is 34.2 Å². The van der Waals surface area contributed by atoms with E-state index in [1.807, 2.05) is 0 Å². The van der Waals surface area contributed by atoms with Gasteiger partial charge < -0.3 is 4.74 Å². The van der Waals surface area contributed by atoms with Crippen LogP contribution in [0.25, 0.3) is 0 Å². The lowest BCUT2D eigenvalue weighted by Gasteiger charge is -2.22. The molecule has 1 atom stereocenters. The van der Waals surface area contributed by atoms with E-state index in [0.717, 1.165) is 6.42 Å². The van der Waals surface area contributed by atoms with Crippen LogP contribution in [0.15, 0.2) is 12.1 Å². The number of halogens is 3. The molecule has 13 heavy (non-hydrogen) atoms. The van der Waals surface area contributed by atoms with E-state index >= 15 is 0 Å². The molecule has 0 fully saturated rings. The second-order valence-electron chi connectivity index (χ2n) is 2.88. The molecule has 1 aliphatic rings. The molecule has 1 heterocycles.